The van der Waals surface area contributed by atoms with Gasteiger partial charge in [0.05, 0.1) is 18.3 Å². The van der Waals surface area contributed by atoms with Gasteiger partial charge in [0.1, 0.15) is 0 Å². The first-order valence-electron chi connectivity index (χ1n) is 7.69. The van der Waals surface area contributed by atoms with Crippen LogP contribution in [0, 0.1) is 18.6 Å². The van der Waals surface area contributed by atoms with Crippen molar-refractivity contribution in [3.8, 4) is 0 Å². The Morgan fingerprint density at radius 2 is 2.08 bits per heavy atom. The number of aliphatic hydroxyl groups is 1. The number of aryl methyl sites for hydroxylation is 2. The number of carbonyl (C=O) groups excluding carboxylic acids is 1. The van der Waals surface area contributed by atoms with Crippen molar-refractivity contribution in [2.24, 2.45) is 7.05 Å². The van der Waals surface area contributed by atoms with Gasteiger partial charge < -0.3 is 10.4 Å². The molecular weight excluding hydrogens is 316 g/mol. The summed E-state index contributed by atoms with van der Waals surface area (Å²) in [6.45, 7) is 3.54. The molecule has 5 nitrogen and oxygen atoms in total. The van der Waals surface area contributed by atoms with Gasteiger partial charge in [-0.3, -0.25) is 9.48 Å². The van der Waals surface area contributed by atoms with Gasteiger partial charge in [0, 0.05) is 19.2 Å². The van der Waals surface area contributed by atoms with E-state index >= 15 is 0 Å². The molecule has 0 spiro atoms. The molecule has 2 aromatic rings. The summed E-state index contributed by atoms with van der Waals surface area (Å²) in [6, 6.07) is 2.55. The molecule has 0 aliphatic heterocycles. The maximum atomic E-state index is 13.2. The minimum absolute atomic E-state index is 0.213. The van der Waals surface area contributed by atoms with E-state index in [1.807, 2.05) is 14.0 Å². The molecule has 2 N–H and O–H groups in total. The summed E-state index contributed by atoms with van der Waals surface area (Å²) in [4.78, 5) is 12.0. The normalized spacial score (nSPS) is 13.6. The minimum Gasteiger partial charge on any atom is -0.386 e. The molecule has 1 amide bonds. The van der Waals surface area contributed by atoms with Crippen LogP contribution in [-0.4, -0.2) is 26.8 Å². The smallest absolute Gasteiger partial charge is 0.220 e. The number of rotatable bonds is 6. The predicted molar refractivity (Wildman–Crippen MR) is 85.2 cm³/mol. The van der Waals surface area contributed by atoms with Gasteiger partial charge in [0.25, 0.3) is 0 Å². The van der Waals surface area contributed by atoms with Crippen LogP contribution in [0.3, 0.4) is 0 Å². The molecular formula is C17H21F2N3O2. The second kappa shape index (κ2) is 7.53. The van der Waals surface area contributed by atoms with Crippen molar-refractivity contribution in [3.05, 3.63) is 52.9 Å². The number of aromatic nitrogens is 2. The summed E-state index contributed by atoms with van der Waals surface area (Å²) < 4.78 is 27.9. The molecule has 0 aliphatic rings. The fraction of sp³-hybridized carbons (Fsp3) is 0.412. The summed E-state index contributed by atoms with van der Waals surface area (Å²) >= 11 is 0. The lowest BCUT2D eigenvalue weighted by Gasteiger charge is -2.20. The van der Waals surface area contributed by atoms with Crippen molar-refractivity contribution in [3.63, 3.8) is 0 Å². The fourth-order valence-electron chi connectivity index (χ4n) is 2.43. The highest BCUT2D eigenvalue weighted by Crippen LogP contribution is 2.19. The van der Waals surface area contributed by atoms with Gasteiger partial charge in [0.15, 0.2) is 11.6 Å². The molecule has 2 atom stereocenters. The zero-order chi connectivity index (χ0) is 17.9. The molecule has 0 radical (unpaired) electrons. The lowest BCUT2D eigenvalue weighted by atomic mass is 10.0. The third-order valence-corrected chi connectivity index (χ3v) is 4.11. The molecule has 130 valence electrons. The Hall–Kier alpha value is -2.28. The van der Waals surface area contributed by atoms with E-state index in [4.69, 9.17) is 0 Å². The van der Waals surface area contributed by atoms with E-state index in [9.17, 15) is 18.7 Å². The standard InChI is InChI=1S/C17H21F2N3O2/c1-10(17(24)12-4-6-14(18)15(19)8-12)21-16(23)7-5-13-9-20-22(3)11(13)2/h4,6,8-10,17,24H,5,7H2,1-3H3,(H,21,23). The number of halogens is 2. The van der Waals surface area contributed by atoms with Crippen molar-refractivity contribution in [2.45, 2.75) is 38.8 Å². The number of aliphatic hydroxyl groups excluding tert-OH is 1. The highest BCUT2D eigenvalue weighted by Gasteiger charge is 2.20. The molecule has 0 fully saturated rings. The third-order valence-electron chi connectivity index (χ3n) is 4.11. The Labute approximate surface area is 139 Å². The third kappa shape index (κ3) is 4.17. The Bertz CT molecular complexity index is 731. The number of nitrogens with zero attached hydrogens (tertiary/aromatic N) is 2. The van der Waals surface area contributed by atoms with Crippen LogP contribution < -0.4 is 5.32 Å². The predicted octanol–water partition coefficient (Wildman–Crippen LogP) is 2.18. The Morgan fingerprint density at radius 3 is 2.67 bits per heavy atom. The molecule has 24 heavy (non-hydrogen) atoms. The summed E-state index contributed by atoms with van der Waals surface area (Å²) in [7, 11) is 1.83. The van der Waals surface area contributed by atoms with Crippen LogP contribution in [0.4, 0.5) is 8.78 Å². The second-order valence-electron chi connectivity index (χ2n) is 5.85. The van der Waals surface area contributed by atoms with E-state index in [-0.39, 0.29) is 17.9 Å². The van der Waals surface area contributed by atoms with Gasteiger partial charge in [-0.05, 0) is 43.5 Å². The second-order valence-corrected chi connectivity index (χ2v) is 5.85. The SMILES string of the molecule is Cc1c(CCC(=O)NC(C)C(O)c2ccc(F)c(F)c2)cnn1C. The van der Waals surface area contributed by atoms with Crippen LogP contribution in [0.15, 0.2) is 24.4 Å². The number of hydrogen-bond acceptors (Lipinski definition) is 3. The lowest BCUT2D eigenvalue weighted by molar-refractivity contribution is -0.122. The number of amides is 1. The minimum atomic E-state index is -1.12. The first kappa shape index (κ1) is 18.1. The van der Waals surface area contributed by atoms with Crippen molar-refractivity contribution in [1.29, 1.82) is 0 Å². The Morgan fingerprint density at radius 1 is 1.38 bits per heavy atom. The molecule has 0 aliphatic carbocycles. The average molecular weight is 337 g/mol. The van der Waals surface area contributed by atoms with E-state index < -0.39 is 23.8 Å². The van der Waals surface area contributed by atoms with Gasteiger partial charge in [0.2, 0.25) is 5.91 Å². The van der Waals surface area contributed by atoms with Crippen LogP contribution in [0.1, 0.15) is 36.3 Å². The summed E-state index contributed by atoms with van der Waals surface area (Å²) in [5, 5.41) is 17.0. The first-order chi connectivity index (χ1) is 11.3. The van der Waals surface area contributed by atoms with Crippen molar-refractivity contribution < 1.29 is 18.7 Å². The molecule has 7 heteroatoms. The van der Waals surface area contributed by atoms with E-state index in [1.165, 1.54) is 6.07 Å². The van der Waals surface area contributed by atoms with Gasteiger partial charge in [-0.25, -0.2) is 8.78 Å². The van der Waals surface area contributed by atoms with Gasteiger partial charge >= 0.3 is 0 Å². The van der Waals surface area contributed by atoms with Crippen LogP contribution in [0.25, 0.3) is 0 Å². The van der Waals surface area contributed by atoms with Crippen molar-refractivity contribution >= 4 is 5.91 Å². The highest BCUT2D eigenvalue weighted by molar-refractivity contribution is 5.76. The van der Waals surface area contributed by atoms with E-state index in [0.717, 1.165) is 23.4 Å². The fourth-order valence-corrected chi connectivity index (χ4v) is 2.43. The maximum absolute atomic E-state index is 13.2. The Kier molecular flexibility index (Phi) is 5.66. The van der Waals surface area contributed by atoms with Crippen molar-refractivity contribution in [1.82, 2.24) is 15.1 Å². The zero-order valence-electron chi connectivity index (χ0n) is 13.9. The number of carbonyl (C=O) groups is 1. The molecule has 0 saturated carbocycles. The molecule has 1 aromatic heterocycles. The number of nitrogens with one attached hydrogen (secondary N) is 1. The van der Waals surface area contributed by atoms with Crippen LogP contribution in [0.5, 0.6) is 0 Å². The quantitative estimate of drug-likeness (QED) is 0.849. The van der Waals surface area contributed by atoms with Crippen LogP contribution in [-0.2, 0) is 18.3 Å². The summed E-state index contributed by atoms with van der Waals surface area (Å²) in [5.74, 6) is -2.24. The van der Waals surface area contributed by atoms with Gasteiger partial charge in [-0.2, -0.15) is 5.10 Å². The van der Waals surface area contributed by atoms with Gasteiger partial charge in [-0.1, -0.05) is 6.07 Å². The lowest BCUT2D eigenvalue weighted by Crippen LogP contribution is -2.37. The van der Waals surface area contributed by atoms with E-state index in [0.29, 0.717) is 6.42 Å². The maximum Gasteiger partial charge on any atom is 0.220 e. The van der Waals surface area contributed by atoms with Crippen LogP contribution in [0.2, 0.25) is 0 Å². The van der Waals surface area contributed by atoms with Crippen LogP contribution >= 0.6 is 0 Å². The van der Waals surface area contributed by atoms with E-state index in [2.05, 4.69) is 10.4 Å². The zero-order valence-corrected chi connectivity index (χ0v) is 13.9. The molecule has 2 rings (SSSR count). The topological polar surface area (TPSA) is 67.2 Å². The Balaban J connectivity index is 1.90. The average Bonchev–Trinajstić information content (AvgIpc) is 2.86. The molecule has 1 heterocycles. The van der Waals surface area contributed by atoms with Gasteiger partial charge in [-0.15, -0.1) is 0 Å². The van der Waals surface area contributed by atoms with Crippen molar-refractivity contribution in [2.75, 3.05) is 0 Å². The number of hydrogen-bond donors (Lipinski definition) is 2. The molecule has 2 unspecified atom stereocenters. The molecule has 0 bridgehead atoms. The monoisotopic (exact) mass is 337 g/mol. The summed E-state index contributed by atoms with van der Waals surface area (Å²) in [6.07, 6.45) is 1.40. The highest BCUT2D eigenvalue weighted by atomic mass is 19.2. The first-order valence-corrected chi connectivity index (χ1v) is 7.69. The summed E-state index contributed by atoms with van der Waals surface area (Å²) in [5.41, 5.74) is 2.20. The van der Waals surface area contributed by atoms with E-state index in [1.54, 1.807) is 17.8 Å². The molecule has 1 aromatic carbocycles. The number of benzene rings is 1. The largest absolute Gasteiger partial charge is 0.386 e. The molecule has 0 saturated heterocycles.